The van der Waals surface area contributed by atoms with Gasteiger partial charge in [-0.05, 0) is 25.2 Å². The van der Waals surface area contributed by atoms with E-state index in [1.165, 1.54) is 64.7 Å². The molecule has 35 heavy (non-hydrogen) atoms. The maximum atomic E-state index is 12.9. The quantitative estimate of drug-likeness (QED) is 0.139. The number of hydrogen-bond donors (Lipinski definition) is 1. The molecule has 1 aliphatic heterocycles. The Kier molecular flexibility index (Phi) is 16.8. The lowest BCUT2D eigenvalue weighted by Gasteiger charge is -2.37. The number of esters is 2. The van der Waals surface area contributed by atoms with Gasteiger partial charge in [-0.15, -0.1) is 0 Å². The molecule has 1 N–H and O–H groups in total. The summed E-state index contributed by atoms with van der Waals surface area (Å²) < 4.78 is 11.4. The van der Waals surface area contributed by atoms with Gasteiger partial charge in [0.05, 0.1) is 5.92 Å². The van der Waals surface area contributed by atoms with Gasteiger partial charge in [0, 0.05) is 13.3 Å². The van der Waals surface area contributed by atoms with Crippen LogP contribution in [0.5, 0.6) is 0 Å². The molecule has 0 aromatic rings. The standard InChI is InChI=1S/C29H53NO5/c1-6-8-10-12-13-14-15-16-17-19-24(34-29(33)27(22(3)4)30-23(5)31)21-26-25(28(32)35-26)20-18-11-9-7-2/h22,24-27H,6-21H2,1-5H3,(H,30,31)/t24-,25-,26-,27-/m0/s1. The molecule has 0 spiro atoms. The predicted octanol–water partition coefficient (Wildman–Crippen LogP) is 6.88. The van der Waals surface area contributed by atoms with Gasteiger partial charge in [0.2, 0.25) is 5.91 Å². The van der Waals surface area contributed by atoms with Crippen LogP contribution in [0.4, 0.5) is 0 Å². The molecule has 1 fully saturated rings. The molecule has 0 radical (unpaired) electrons. The van der Waals surface area contributed by atoms with Crippen molar-refractivity contribution in [2.24, 2.45) is 11.8 Å². The molecule has 1 aliphatic rings. The Bertz CT molecular complexity index is 606. The zero-order valence-electron chi connectivity index (χ0n) is 23.2. The lowest BCUT2D eigenvalue weighted by Crippen LogP contribution is -2.49. The van der Waals surface area contributed by atoms with Crippen molar-refractivity contribution >= 4 is 17.8 Å². The highest BCUT2D eigenvalue weighted by atomic mass is 16.6. The Labute approximate surface area is 214 Å². The molecule has 1 rings (SSSR count). The van der Waals surface area contributed by atoms with Crippen LogP contribution in [0.1, 0.15) is 137 Å². The molecule has 0 unspecified atom stereocenters. The minimum Gasteiger partial charge on any atom is -0.461 e. The fourth-order valence-electron chi connectivity index (χ4n) is 4.83. The van der Waals surface area contributed by atoms with Crippen LogP contribution in [0.25, 0.3) is 0 Å². The van der Waals surface area contributed by atoms with E-state index in [1.54, 1.807) is 0 Å². The van der Waals surface area contributed by atoms with Crippen molar-refractivity contribution in [3.63, 3.8) is 0 Å². The SMILES string of the molecule is CCCCCCCCCCC[C@@H](C[C@@H]1OC(=O)[C@H]1CCCCCC)OC(=O)[C@@H](NC(C)=O)C(C)C. The maximum absolute atomic E-state index is 12.9. The minimum atomic E-state index is -0.660. The summed E-state index contributed by atoms with van der Waals surface area (Å²) in [4.78, 5) is 36.6. The molecule has 4 atom stereocenters. The number of nitrogens with one attached hydrogen (secondary N) is 1. The summed E-state index contributed by atoms with van der Waals surface area (Å²) in [5.74, 6) is -0.879. The molecule has 1 heterocycles. The van der Waals surface area contributed by atoms with E-state index in [4.69, 9.17) is 9.47 Å². The zero-order chi connectivity index (χ0) is 26.1. The van der Waals surface area contributed by atoms with E-state index in [-0.39, 0.29) is 41.9 Å². The number of cyclic esters (lactones) is 1. The van der Waals surface area contributed by atoms with Gasteiger partial charge in [0.15, 0.2) is 0 Å². The van der Waals surface area contributed by atoms with E-state index in [0.29, 0.717) is 6.42 Å². The Morgan fingerprint density at radius 2 is 1.43 bits per heavy atom. The van der Waals surface area contributed by atoms with Gasteiger partial charge >= 0.3 is 11.9 Å². The number of amides is 1. The summed E-state index contributed by atoms with van der Waals surface area (Å²) in [5.41, 5.74) is 0. The molecule has 6 nitrogen and oxygen atoms in total. The van der Waals surface area contributed by atoms with E-state index in [0.717, 1.165) is 38.5 Å². The maximum Gasteiger partial charge on any atom is 0.329 e. The first-order chi connectivity index (χ1) is 16.8. The van der Waals surface area contributed by atoms with Crippen LogP contribution in [0.2, 0.25) is 0 Å². The van der Waals surface area contributed by atoms with Gasteiger partial charge in [-0.25, -0.2) is 4.79 Å². The Balaban J connectivity index is 2.60. The van der Waals surface area contributed by atoms with Crippen LogP contribution in [0, 0.1) is 11.8 Å². The average molecular weight is 496 g/mol. The molecule has 0 aromatic heterocycles. The molecule has 1 amide bonds. The molecule has 0 saturated carbocycles. The summed E-state index contributed by atoms with van der Waals surface area (Å²) in [7, 11) is 0. The third-order valence-electron chi connectivity index (χ3n) is 7.07. The fourth-order valence-corrected chi connectivity index (χ4v) is 4.83. The smallest absolute Gasteiger partial charge is 0.329 e. The van der Waals surface area contributed by atoms with Gasteiger partial charge in [-0.3, -0.25) is 9.59 Å². The number of rotatable bonds is 21. The van der Waals surface area contributed by atoms with Gasteiger partial charge in [0.1, 0.15) is 18.2 Å². The highest BCUT2D eigenvalue weighted by molar-refractivity contribution is 5.83. The van der Waals surface area contributed by atoms with E-state index < -0.39 is 6.04 Å². The summed E-state index contributed by atoms with van der Waals surface area (Å²) in [5, 5.41) is 2.73. The van der Waals surface area contributed by atoms with Crippen LogP contribution < -0.4 is 5.32 Å². The van der Waals surface area contributed by atoms with Crippen LogP contribution in [0.15, 0.2) is 0 Å². The molecule has 0 aromatic carbocycles. The van der Waals surface area contributed by atoms with Gasteiger partial charge in [-0.1, -0.05) is 105 Å². The lowest BCUT2D eigenvalue weighted by atomic mass is 9.86. The normalized spacial score (nSPS) is 19.1. The second-order valence-electron chi connectivity index (χ2n) is 10.8. The number of ether oxygens (including phenoxy) is 2. The summed E-state index contributed by atoms with van der Waals surface area (Å²) in [6, 6.07) is -0.660. The summed E-state index contributed by atoms with van der Waals surface area (Å²) in [6.45, 7) is 9.63. The van der Waals surface area contributed by atoms with Crippen LogP contribution >= 0.6 is 0 Å². The fraction of sp³-hybridized carbons (Fsp3) is 0.897. The highest BCUT2D eigenvalue weighted by Crippen LogP contribution is 2.32. The molecular formula is C29H53NO5. The van der Waals surface area contributed by atoms with Crippen LogP contribution in [0.3, 0.4) is 0 Å². The molecular weight excluding hydrogens is 442 g/mol. The van der Waals surface area contributed by atoms with Crippen molar-refractivity contribution in [2.45, 2.75) is 156 Å². The van der Waals surface area contributed by atoms with E-state index in [2.05, 4.69) is 19.2 Å². The van der Waals surface area contributed by atoms with E-state index in [9.17, 15) is 14.4 Å². The third-order valence-corrected chi connectivity index (χ3v) is 7.07. The Morgan fingerprint density at radius 1 is 0.886 bits per heavy atom. The number of carbonyl (C=O) groups excluding carboxylic acids is 3. The lowest BCUT2D eigenvalue weighted by molar-refractivity contribution is -0.190. The van der Waals surface area contributed by atoms with Crippen molar-refractivity contribution in [3.05, 3.63) is 0 Å². The number of hydrogen-bond acceptors (Lipinski definition) is 5. The van der Waals surface area contributed by atoms with Crippen molar-refractivity contribution in [1.82, 2.24) is 5.32 Å². The highest BCUT2D eigenvalue weighted by Gasteiger charge is 2.43. The minimum absolute atomic E-state index is 0.0624. The van der Waals surface area contributed by atoms with Gasteiger partial charge < -0.3 is 14.8 Å². The Hall–Kier alpha value is -1.59. The predicted molar refractivity (Wildman–Crippen MR) is 141 cm³/mol. The van der Waals surface area contributed by atoms with Crippen molar-refractivity contribution < 1.29 is 23.9 Å². The summed E-state index contributed by atoms with van der Waals surface area (Å²) >= 11 is 0. The number of carbonyl (C=O) groups is 3. The van der Waals surface area contributed by atoms with E-state index in [1.807, 2.05) is 13.8 Å². The first kappa shape index (κ1) is 31.4. The van der Waals surface area contributed by atoms with Gasteiger partial charge in [-0.2, -0.15) is 0 Å². The number of unbranched alkanes of at least 4 members (excludes halogenated alkanes) is 11. The average Bonchev–Trinajstić information content (AvgIpc) is 2.80. The second-order valence-corrected chi connectivity index (χ2v) is 10.8. The molecule has 1 saturated heterocycles. The van der Waals surface area contributed by atoms with Gasteiger partial charge in [0.25, 0.3) is 0 Å². The monoisotopic (exact) mass is 495 g/mol. The van der Waals surface area contributed by atoms with Crippen LogP contribution in [-0.2, 0) is 23.9 Å². The van der Waals surface area contributed by atoms with E-state index >= 15 is 0 Å². The third kappa shape index (κ3) is 13.3. The first-order valence-corrected chi connectivity index (χ1v) is 14.5. The molecule has 204 valence electrons. The molecule has 6 heteroatoms. The largest absolute Gasteiger partial charge is 0.461 e. The Morgan fingerprint density at radius 3 is 1.94 bits per heavy atom. The molecule has 0 bridgehead atoms. The van der Waals surface area contributed by atoms with Crippen molar-refractivity contribution in [2.75, 3.05) is 0 Å². The zero-order valence-corrected chi connectivity index (χ0v) is 23.2. The summed E-state index contributed by atoms with van der Waals surface area (Å²) in [6.07, 6.45) is 17.3. The van der Waals surface area contributed by atoms with Crippen molar-refractivity contribution in [3.8, 4) is 0 Å². The van der Waals surface area contributed by atoms with Crippen molar-refractivity contribution in [1.29, 1.82) is 0 Å². The van der Waals surface area contributed by atoms with Crippen LogP contribution in [-0.4, -0.2) is 36.1 Å². The second kappa shape index (κ2) is 18.6. The topological polar surface area (TPSA) is 81.7 Å². The first-order valence-electron chi connectivity index (χ1n) is 14.5. The molecule has 0 aliphatic carbocycles.